The predicted molar refractivity (Wildman–Crippen MR) is 84.3 cm³/mol. The number of thiophene rings is 1. The lowest BCUT2D eigenvalue weighted by Gasteiger charge is -2.01. The van der Waals surface area contributed by atoms with Crippen molar-refractivity contribution in [3.8, 4) is 0 Å². The van der Waals surface area contributed by atoms with Crippen LogP contribution in [0, 0.1) is 0 Å². The summed E-state index contributed by atoms with van der Waals surface area (Å²) in [5.41, 5.74) is 0.860. The summed E-state index contributed by atoms with van der Waals surface area (Å²) in [5.74, 6) is 0. The molecule has 0 fully saturated rings. The average Bonchev–Trinajstić information content (AvgIpc) is 2.98. The van der Waals surface area contributed by atoms with Crippen molar-refractivity contribution in [3.05, 3.63) is 40.2 Å². The van der Waals surface area contributed by atoms with Gasteiger partial charge in [-0.1, -0.05) is 17.4 Å². The molecule has 2 amide bonds. The number of hydrogen-bond donors (Lipinski definition) is 2. The summed E-state index contributed by atoms with van der Waals surface area (Å²) in [6, 6.07) is 9.30. The maximum atomic E-state index is 11.8. The van der Waals surface area contributed by atoms with E-state index in [4.69, 9.17) is 0 Å². The third-order valence-electron chi connectivity index (χ3n) is 2.35. The summed E-state index contributed by atoms with van der Waals surface area (Å²) in [4.78, 5) is 16.2. The van der Waals surface area contributed by atoms with E-state index < -0.39 is 0 Å². The topological polar surface area (TPSA) is 54.0 Å². The number of halogens is 1. The van der Waals surface area contributed by atoms with E-state index in [0.29, 0.717) is 5.13 Å². The Morgan fingerprint density at radius 2 is 2.11 bits per heavy atom. The minimum Gasteiger partial charge on any atom is -0.299 e. The van der Waals surface area contributed by atoms with Crippen molar-refractivity contribution < 1.29 is 4.79 Å². The van der Waals surface area contributed by atoms with Crippen molar-refractivity contribution in [2.75, 3.05) is 10.6 Å². The number of aromatic nitrogens is 1. The SMILES string of the molecule is O=C(Nc1cccs1)Nc1nc2c(Br)cccc2s1. The number of hydrogen-bond acceptors (Lipinski definition) is 4. The van der Waals surface area contributed by atoms with E-state index in [-0.39, 0.29) is 6.03 Å². The van der Waals surface area contributed by atoms with Crippen molar-refractivity contribution in [1.29, 1.82) is 0 Å². The van der Waals surface area contributed by atoms with Gasteiger partial charge in [0.2, 0.25) is 0 Å². The molecule has 19 heavy (non-hydrogen) atoms. The van der Waals surface area contributed by atoms with E-state index >= 15 is 0 Å². The van der Waals surface area contributed by atoms with Crippen LogP contribution in [-0.4, -0.2) is 11.0 Å². The van der Waals surface area contributed by atoms with E-state index in [1.165, 1.54) is 22.7 Å². The fourth-order valence-electron chi connectivity index (χ4n) is 1.56. The monoisotopic (exact) mass is 353 g/mol. The van der Waals surface area contributed by atoms with Crippen molar-refractivity contribution in [2.24, 2.45) is 0 Å². The van der Waals surface area contributed by atoms with Gasteiger partial charge in [0.15, 0.2) is 5.13 Å². The highest BCUT2D eigenvalue weighted by molar-refractivity contribution is 9.10. The van der Waals surface area contributed by atoms with Crippen LogP contribution >= 0.6 is 38.6 Å². The minimum atomic E-state index is -0.280. The standard InChI is InChI=1S/C12H8BrN3OS2/c13-7-3-1-4-8-10(7)15-12(19-8)16-11(17)14-9-5-2-6-18-9/h1-6H,(H2,14,15,16,17). The Kier molecular flexibility index (Phi) is 3.50. The van der Waals surface area contributed by atoms with Crippen molar-refractivity contribution in [3.63, 3.8) is 0 Å². The Balaban J connectivity index is 1.78. The molecule has 1 aromatic carbocycles. The number of amides is 2. The van der Waals surface area contributed by atoms with Gasteiger partial charge in [0.05, 0.1) is 15.2 Å². The molecule has 2 aromatic heterocycles. The molecule has 3 aromatic rings. The Hall–Kier alpha value is -1.44. The molecule has 4 nitrogen and oxygen atoms in total. The van der Waals surface area contributed by atoms with Gasteiger partial charge in [-0.3, -0.25) is 10.6 Å². The van der Waals surface area contributed by atoms with Gasteiger partial charge in [0, 0.05) is 4.47 Å². The molecule has 3 rings (SSSR count). The highest BCUT2D eigenvalue weighted by Crippen LogP contribution is 2.30. The van der Waals surface area contributed by atoms with Crippen LogP contribution in [0.25, 0.3) is 10.2 Å². The molecule has 0 radical (unpaired) electrons. The average molecular weight is 354 g/mol. The largest absolute Gasteiger partial charge is 0.326 e. The summed E-state index contributed by atoms with van der Waals surface area (Å²) in [5, 5.41) is 8.78. The summed E-state index contributed by atoms with van der Waals surface area (Å²) in [6.45, 7) is 0. The van der Waals surface area contributed by atoms with Crippen LogP contribution in [0.1, 0.15) is 0 Å². The van der Waals surface area contributed by atoms with Crippen LogP contribution in [0.15, 0.2) is 40.2 Å². The fourth-order valence-corrected chi connectivity index (χ4v) is 3.64. The Morgan fingerprint density at radius 1 is 1.21 bits per heavy atom. The van der Waals surface area contributed by atoms with E-state index in [1.807, 2.05) is 35.7 Å². The highest BCUT2D eigenvalue weighted by Gasteiger charge is 2.09. The third kappa shape index (κ3) is 2.78. The summed E-state index contributed by atoms with van der Waals surface area (Å²) >= 11 is 6.36. The number of urea groups is 1. The zero-order chi connectivity index (χ0) is 13.2. The van der Waals surface area contributed by atoms with Crippen LogP contribution in [0.4, 0.5) is 14.9 Å². The number of rotatable bonds is 2. The zero-order valence-corrected chi connectivity index (χ0v) is 12.7. The highest BCUT2D eigenvalue weighted by atomic mass is 79.9. The van der Waals surface area contributed by atoms with Gasteiger partial charge in [-0.2, -0.15) is 0 Å². The van der Waals surface area contributed by atoms with Gasteiger partial charge in [0.25, 0.3) is 0 Å². The zero-order valence-electron chi connectivity index (χ0n) is 9.51. The van der Waals surface area contributed by atoms with Crippen molar-refractivity contribution >= 4 is 65.0 Å². The van der Waals surface area contributed by atoms with Crippen LogP contribution < -0.4 is 10.6 Å². The molecule has 0 spiro atoms. The third-order valence-corrected chi connectivity index (χ3v) is 4.71. The molecule has 0 aliphatic rings. The van der Waals surface area contributed by atoms with Gasteiger partial charge >= 0.3 is 6.03 Å². The molecular weight excluding hydrogens is 346 g/mol. The maximum absolute atomic E-state index is 11.8. The van der Waals surface area contributed by atoms with E-state index in [9.17, 15) is 4.79 Å². The summed E-state index contributed by atoms with van der Waals surface area (Å²) in [7, 11) is 0. The van der Waals surface area contributed by atoms with Gasteiger partial charge in [-0.05, 0) is 45.6 Å². The Bertz CT molecular complexity index is 724. The smallest absolute Gasteiger partial charge is 0.299 e. The molecular formula is C12H8BrN3OS2. The molecule has 0 aliphatic carbocycles. The quantitative estimate of drug-likeness (QED) is 0.697. The lowest BCUT2D eigenvalue weighted by atomic mass is 10.3. The molecule has 0 atom stereocenters. The number of anilines is 2. The van der Waals surface area contributed by atoms with E-state index in [0.717, 1.165) is 19.7 Å². The lowest BCUT2D eigenvalue weighted by molar-refractivity contribution is 0.262. The van der Waals surface area contributed by atoms with Gasteiger partial charge in [-0.25, -0.2) is 9.78 Å². The van der Waals surface area contributed by atoms with Crippen molar-refractivity contribution in [2.45, 2.75) is 0 Å². The summed E-state index contributed by atoms with van der Waals surface area (Å²) < 4.78 is 1.95. The molecule has 0 bridgehead atoms. The van der Waals surface area contributed by atoms with Crippen LogP contribution in [-0.2, 0) is 0 Å². The number of nitrogens with zero attached hydrogens (tertiary/aromatic N) is 1. The number of nitrogens with one attached hydrogen (secondary N) is 2. The van der Waals surface area contributed by atoms with Crippen LogP contribution in [0.2, 0.25) is 0 Å². The molecule has 0 saturated heterocycles. The number of para-hydroxylation sites is 1. The fraction of sp³-hybridized carbons (Fsp3) is 0. The Morgan fingerprint density at radius 3 is 2.84 bits per heavy atom. The van der Waals surface area contributed by atoms with Crippen LogP contribution in [0.5, 0.6) is 0 Å². The number of carbonyl (C=O) groups is 1. The first kappa shape index (κ1) is 12.6. The number of benzene rings is 1. The first-order valence-corrected chi connectivity index (χ1v) is 7.88. The first-order valence-electron chi connectivity index (χ1n) is 5.39. The van der Waals surface area contributed by atoms with E-state index in [2.05, 4.69) is 31.5 Å². The van der Waals surface area contributed by atoms with Gasteiger partial charge in [-0.15, -0.1) is 11.3 Å². The second-order valence-electron chi connectivity index (χ2n) is 3.66. The number of fused-ring (bicyclic) bond motifs is 1. The summed E-state index contributed by atoms with van der Waals surface area (Å²) in [6.07, 6.45) is 0. The minimum absolute atomic E-state index is 0.280. The normalized spacial score (nSPS) is 10.6. The second kappa shape index (κ2) is 5.28. The van der Waals surface area contributed by atoms with Gasteiger partial charge < -0.3 is 0 Å². The van der Waals surface area contributed by atoms with E-state index in [1.54, 1.807) is 0 Å². The predicted octanol–water partition coefficient (Wildman–Crippen LogP) is 4.76. The van der Waals surface area contributed by atoms with Crippen molar-refractivity contribution in [1.82, 2.24) is 4.98 Å². The second-order valence-corrected chi connectivity index (χ2v) is 6.49. The number of thiazole rings is 1. The molecule has 96 valence electrons. The molecule has 0 saturated carbocycles. The molecule has 2 heterocycles. The molecule has 2 N–H and O–H groups in total. The van der Waals surface area contributed by atoms with Crippen LogP contribution in [0.3, 0.4) is 0 Å². The maximum Gasteiger partial charge on any atom is 0.326 e. The molecule has 0 unspecified atom stereocenters. The van der Waals surface area contributed by atoms with Gasteiger partial charge in [0.1, 0.15) is 0 Å². The number of carbonyl (C=O) groups excluding carboxylic acids is 1. The lowest BCUT2D eigenvalue weighted by Crippen LogP contribution is -2.18. The molecule has 0 aliphatic heterocycles. The molecule has 7 heteroatoms. The Labute approximate surface area is 125 Å². The first-order chi connectivity index (χ1) is 9.22.